The summed E-state index contributed by atoms with van der Waals surface area (Å²) in [5.74, 6) is 0. The molecule has 0 bridgehead atoms. The van der Waals surface area contributed by atoms with E-state index < -0.39 is 0 Å². The molecule has 0 aromatic rings. The van der Waals surface area contributed by atoms with Crippen LogP contribution in [0.25, 0.3) is 0 Å². The molecule has 0 radical (unpaired) electrons. The van der Waals surface area contributed by atoms with Crippen molar-refractivity contribution in [1.29, 1.82) is 0 Å². The highest BCUT2D eigenvalue weighted by atomic mass is 17.1. The Bertz CT molecular complexity index is 129. The van der Waals surface area contributed by atoms with Crippen molar-refractivity contribution >= 4 is 0 Å². The molecule has 5 nitrogen and oxygen atoms in total. The molecule has 1 unspecified atom stereocenters. The zero-order chi connectivity index (χ0) is 9.52. The molecular formula is C8H17NO4. The molecule has 0 aliphatic carbocycles. The van der Waals surface area contributed by atoms with Gasteiger partial charge in [-0.25, -0.2) is 0 Å². The molecule has 1 aliphatic heterocycles. The molecule has 5 heteroatoms. The Labute approximate surface area is 78.0 Å². The standard InChI is InChI=1S/C8H17NO4/c1-2-5-12-9(10)13-6-3-4-8-7-11-8/h8,10H,2-7H2,1H3. The summed E-state index contributed by atoms with van der Waals surface area (Å²) in [4.78, 5) is 9.58. The van der Waals surface area contributed by atoms with Crippen LogP contribution in [0, 0.1) is 0 Å². The quantitative estimate of drug-likeness (QED) is 0.354. The van der Waals surface area contributed by atoms with Crippen molar-refractivity contribution < 1.29 is 19.6 Å². The van der Waals surface area contributed by atoms with Gasteiger partial charge in [0, 0.05) is 0 Å². The summed E-state index contributed by atoms with van der Waals surface area (Å²) in [6.07, 6.45) is 3.13. The average Bonchev–Trinajstić information content (AvgIpc) is 2.92. The highest BCUT2D eigenvalue weighted by molar-refractivity contribution is 4.67. The molecule has 1 aliphatic rings. The van der Waals surface area contributed by atoms with Crippen molar-refractivity contribution in [3.8, 4) is 0 Å². The Hall–Kier alpha value is -0.200. The van der Waals surface area contributed by atoms with Crippen LogP contribution >= 0.6 is 0 Å². The van der Waals surface area contributed by atoms with E-state index >= 15 is 0 Å². The van der Waals surface area contributed by atoms with Gasteiger partial charge in [0.05, 0.1) is 31.3 Å². The molecule has 1 atom stereocenters. The molecule has 1 N–H and O–H groups in total. The van der Waals surface area contributed by atoms with Crippen LogP contribution in [0.5, 0.6) is 0 Å². The van der Waals surface area contributed by atoms with E-state index in [2.05, 4.69) is 0 Å². The maximum Gasteiger partial charge on any atom is 0.0810 e. The number of hydrogen-bond donors (Lipinski definition) is 1. The summed E-state index contributed by atoms with van der Waals surface area (Å²) >= 11 is 0. The van der Waals surface area contributed by atoms with Gasteiger partial charge < -0.3 is 4.74 Å². The molecule has 78 valence electrons. The van der Waals surface area contributed by atoms with E-state index in [1.54, 1.807) is 0 Å². The van der Waals surface area contributed by atoms with Crippen molar-refractivity contribution in [3.63, 3.8) is 0 Å². The second-order valence-electron chi connectivity index (χ2n) is 3.00. The van der Waals surface area contributed by atoms with Crippen molar-refractivity contribution in [2.45, 2.75) is 32.3 Å². The van der Waals surface area contributed by atoms with Gasteiger partial charge in [-0.3, -0.25) is 14.9 Å². The highest BCUT2D eigenvalue weighted by Gasteiger charge is 2.21. The molecule has 0 aromatic carbocycles. The third kappa shape index (κ3) is 5.95. The van der Waals surface area contributed by atoms with Crippen molar-refractivity contribution in [2.75, 3.05) is 19.8 Å². The fourth-order valence-corrected chi connectivity index (χ4v) is 0.895. The van der Waals surface area contributed by atoms with E-state index in [0.29, 0.717) is 24.7 Å². The van der Waals surface area contributed by atoms with Crippen molar-refractivity contribution in [2.24, 2.45) is 0 Å². The number of nitrogens with zero attached hydrogens (tertiary/aromatic N) is 1. The molecule has 1 fully saturated rings. The van der Waals surface area contributed by atoms with Gasteiger partial charge in [0.1, 0.15) is 0 Å². The molecular weight excluding hydrogens is 174 g/mol. The lowest BCUT2D eigenvalue weighted by molar-refractivity contribution is -0.510. The predicted octanol–water partition coefficient (Wildman–Crippen LogP) is 1.13. The molecule has 1 heterocycles. The van der Waals surface area contributed by atoms with Gasteiger partial charge in [-0.2, -0.15) is 0 Å². The number of epoxide rings is 1. The summed E-state index contributed by atoms with van der Waals surface area (Å²) in [5, 5.41) is 9.36. The van der Waals surface area contributed by atoms with Crippen LogP contribution in [0.4, 0.5) is 0 Å². The molecule has 0 saturated carbocycles. The van der Waals surface area contributed by atoms with Gasteiger partial charge in [-0.1, -0.05) is 6.92 Å². The van der Waals surface area contributed by atoms with Crippen LogP contribution in [-0.2, 0) is 14.4 Å². The van der Waals surface area contributed by atoms with E-state index in [-0.39, 0.29) is 0 Å². The third-order valence-electron chi connectivity index (χ3n) is 1.68. The summed E-state index contributed by atoms with van der Waals surface area (Å²) in [5.41, 5.74) is 0. The lowest BCUT2D eigenvalue weighted by Gasteiger charge is -2.12. The largest absolute Gasteiger partial charge is 0.373 e. The second kappa shape index (κ2) is 6.28. The van der Waals surface area contributed by atoms with E-state index in [1.165, 1.54) is 0 Å². The first-order valence-corrected chi connectivity index (χ1v) is 4.69. The number of ether oxygens (including phenoxy) is 1. The zero-order valence-electron chi connectivity index (χ0n) is 7.94. The van der Waals surface area contributed by atoms with Crippen LogP contribution in [-0.4, -0.2) is 36.5 Å². The van der Waals surface area contributed by atoms with Crippen LogP contribution in [0.1, 0.15) is 26.2 Å². The van der Waals surface area contributed by atoms with E-state index in [9.17, 15) is 0 Å². The van der Waals surface area contributed by atoms with E-state index in [1.807, 2.05) is 6.92 Å². The predicted molar refractivity (Wildman–Crippen MR) is 44.8 cm³/mol. The Morgan fingerprint density at radius 2 is 2.15 bits per heavy atom. The average molecular weight is 191 g/mol. The van der Waals surface area contributed by atoms with Crippen molar-refractivity contribution in [1.82, 2.24) is 5.39 Å². The zero-order valence-corrected chi connectivity index (χ0v) is 7.94. The minimum absolute atomic E-state index is 0.423. The molecule has 1 rings (SSSR count). The Morgan fingerprint density at radius 1 is 1.46 bits per heavy atom. The summed E-state index contributed by atoms with van der Waals surface area (Å²) < 4.78 is 5.02. The van der Waals surface area contributed by atoms with Gasteiger partial charge in [0.15, 0.2) is 0 Å². The van der Waals surface area contributed by atoms with Gasteiger partial charge in [0.25, 0.3) is 0 Å². The first-order valence-electron chi connectivity index (χ1n) is 4.69. The normalized spacial score (nSPS) is 21.0. The summed E-state index contributed by atoms with van der Waals surface area (Å²) in [7, 11) is 0. The monoisotopic (exact) mass is 191 g/mol. The Balaban J connectivity index is 1.79. The fourth-order valence-electron chi connectivity index (χ4n) is 0.895. The first-order chi connectivity index (χ1) is 6.33. The number of hydrogen-bond acceptors (Lipinski definition) is 5. The number of rotatable bonds is 8. The molecule has 1 saturated heterocycles. The highest BCUT2D eigenvalue weighted by Crippen LogP contribution is 2.15. The Kier molecular flexibility index (Phi) is 5.26. The van der Waals surface area contributed by atoms with Crippen LogP contribution in [0.3, 0.4) is 0 Å². The molecule has 0 aromatic heterocycles. The lowest BCUT2D eigenvalue weighted by atomic mass is 10.3. The van der Waals surface area contributed by atoms with Crippen LogP contribution < -0.4 is 0 Å². The van der Waals surface area contributed by atoms with E-state index in [4.69, 9.17) is 19.6 Å². The SMILES string of the molecule is CCCON(O)OCCCC1CO1. The maximum absolute atomic E-state index is 8.92. The molecule has 13 heavy (non-hydrogen) atoms. The second-order valence-corrected chi connectivity index (χ2v) is 3.00. The fraction of sp³-hybridized carbons (Fsp3) is 1.00. The van der Waals surface area contributed by atoms with Crippen LogP contribution in [0.15, 0.2) is 0 Å². The first kappa shape index (κ1) is 10.9. The van der Waals surface area contributed by atoms with Gasteiger partial charge in [-0.05, 0) is 19.3 Å². The summed E-state index contributed by atoms with van der Waals surface area (Å²) in [6.45, 7) is 3.75. The van der Waals surface area contributed by atoms with Gasteiger partial charge >= 0.3 is 0 Å². The van der Waals surface area contributed by atoms with Gasteiger partial charge in [0.2, 0.25) is 0 Å². The van der Waals surface area contributed by atoms with Gasteiger partial charge in [-0.15, -0.1) is 0 Å². The molecule has 0 amide bonds. The van der Waals surface area contributed by atoms with Crippen molar-refractivity contribution in [3.05, 3.63) is 0 Å². The van der Waals surface area contributed by atoms with E-state index in [0.717, 1.165) is 25.9 Å². The molecule has 0 spiro atoms. The lowest BCUT2D eigenvalue weighted by Crippen LogP contribution is -2.21. The summed E-state index contributed by atoms with van der Waals surface area (Å²) in [6, 6.07) is 0. The Morgan fingerprint density at radius 3 is 2.77 bits per heavy atom. The van der Waals surface area contributed by atoms with Crippen LogP contribution in [0.2, 0.25) is 0 Å². The third-order valence-corrected chi connectivity index (χ3v) is 1.68. The topological polar surface area (TPSA) is 54.5 Å². The minimum Gasteiger partial charge on any atom is -0.373 e. The maximum atomic E-state index is 8.92. The minimum atomic E-state index is 0.423. The smallest absolute Gasteiger partial charge is 0.0810 e.